The lowest BCUT2D eigenvalue weighted by Crippen LogP contribution is -2.38. The molecule has 1 heterocycles. The molecule has 0 radical (unpaired) electrons. The van der Waals surface area contributed by atoms with Gasteiger partial charge in [-0.1, -0.05) is 6.07 Å². The number of rotatable bonds is 4. The summed E-state index contributed by atoms with van der Waals surface area (Å²) in [4.78, 5) is 11.4. The van der Waals surface area contributed by atoms with Crippen LogP contribution in [0.4, 0.5) is 0 Å². The van der Waals surface area contributed by atoms with Crippen molar-refractivity contribution in [3.63, 3.8) is 0 Å². The number of carbonyl (C=O) groups excluding carboxylic acids is 1. The molecule has 18 heavy (non-hydrogen) atoms. The summed E-state index contributed by atoms with van der Waals surface area (Å²) in [6, 6.07) is 3.78. The Morgan fingerprint density at radius 3 is 2.94 bits per heavy atom. The SMILES string of the molecule is CCOC(=O)[C@@H](N)[C@@H](O)c1ccc2c(c1)OCO2. The van der Waals surface area contributed by atoms with Crippen LogP contribution in [-0.4, -0.2) is 30.5 Å². The minimum Gasteiger partial charge on any atom is -0.465 e. The minimum atomic E-state index is -1.14. The van der Waals surface area contributed by atoms with Gasteiger partial charge in [0.15, 0.2) is 11.5 Å². The van der Waals surface area contributed by atoms with E-state index < -0.39 is 18.1 Å². The third-order valence-electron chi connectivity index (χ3n) is 2.64. The number of fused-ring (bicyclic) bond motifs is 1. The fourth-order valence-corrected chi connectivity index (χ4v) is 1.67. The molecule has 2 atom stereocenters. The molecule has 0 fully saturated rings. The monoisotopic (exact) mass is 253 g/mol. The molecular weight excluding hydrogens is 238 g/mol. The van der Waals surface area contributed by atoms with Crippen molar-refractivity contribution < 1.29 is 24.1 Å². The maximum absolute atomic E-state index is 11.4. The van der Waals surface area contributed by atoms with Crippen LogP contribution in [0.2, 0.25) is 0 Å². The van der Waals surface area contributed by atoms with Crippen molar-refractivity contribution in [2.45, 2.75) is 19.1 Å². The van der Waals surface area contributed by atoms with Crippen LogP contribution in [0, 0.1) is 0 Å². The van der Waals surface area contributed by atoms with E-state index in [1.807, 2.05) is 0 Å². The number of esters is 1. The summed E-state index contributed by atoms with van der Waals surface area (Å²) in [7, 11) is 0. The van der Waals surface area contributed by atoms with E-state index in [-0.39, 0.29) is 13.4 Å². The predicted octanol–water partition coefficient (Wildman–Crippen LogP) is 0.339. The van der Waals surface area contributed by atoms with E-state index in [0.29, 0.717) is 17.1 Å². The van der Waals surface area contributed by atoms with Crippen molar-refractivity contribution in [1.82, 2.24) is 0 Å². The molecule has 1 aromatic rings. The standard InChI is InChI=1S/C12H15NO5/c1-2-16-12(15)10(13)11(14)7-3-4-8-9(5-7)18-6-17-8/h3-5,10-11,14H,2,6,13H2,1H3/t10-,11-/m0/s1. The second-order valence-corrected chi connectivity index (χ2v) is 3.84. The summed E-state index contributed by atoms with van der Waals surface area (Å²) in [5.74, 6) is 0.501. The first-order valence-corrected chi connectivity index (χ1v) is 5.63. The van der Waals surface area contributed by atoms with Crippen LogP contribution in [0.5, 0.6) is 11.5 Å². The summed E-state index contributed by atoms with van der Waals surface area (Å²) in [5, 5.41) is 10.00. The zero-order valence-electron chi connectivity index (χ0n) is 9.96. The Balaban J connectivity index is 2.13. The molecule has 3 N–H and O–H groups in total. The van der Waals surface area contributed by atoms with E-state index in [1.165, 1.54) is 0 Å². The Hall–Kier alpha value is -1.79. The number of aliphatic hydroxyl groups excluding tert-OH is 1. The Bertz CT molecular complexity index is 448. The van der Waals surface area contributed by atoms with E-state index in [2.05, 4.69) is 0 Å². The van der Waals surface area contributed by atoms with Crippen LogP contribution in [0.15, 0.2) is 18.2 Å². The Morgan fingerprint density at radius 1 is 1.50 bits per heavy atom. The molecule has 6 heteroatoms. The van der Waals surface area contributed by atoms with E-state index in [1.54, 1.807) is 25.1 Å². The third kappa shape index (κ3) is 2.39. The molecule has 2 rings (SSSR count). The van der Waals surface area contributed by atoms with Crippen molar-refractivity contribution in [3.8, 4) is 11.5 Å². The van der Waals surface area contributed by atoms with Gasteiger partial charge in [0.25, 0.3) is 0 Å². The number of aliphatic hydroxyl groups is 1. The van der Waals surface area contributed by atoms with Gasteiger partial charge in [-0.2, -0.15) is 0 Å². The molecule has 0 amide bonds. The molecule has 6 nitrogen and oxygen atoms in total. The predicted molar refractivity (Wildman–Crippen MR) is 62.1 cm³/mol. The molecule has 1 aromatic carbocycles. The molecule has 0 bridgehead atoms. The summed E-state index contributed by atoms with van der Waals surface area (Å²) in [6.07, 6.45) is -1.14. The van der Waals surface area contributed by atoms with Crippen LogP contribution in [-0.2, 0) is 9.53 Å². The van der Waals surface area contributed by atoms with Gasteiger partial charge in [-0.3, -0.25) is 4.79 Å². The van der Waals surface area contributed by atoms with Crippen LogP contribution < -0.4 is 15.2 Å². The molecule has 0 aromatic heterocycles. The van der Waals surface area contributed by atoms with Gasteiger partial charge in [-0.15, -0.1) is 0 Å². The lowest BCUT2D eigenvalue weighted by Gasteiger charge is -2.17. The lowest BCUT2D eigenvalue weighted by molar-refractivity contribution is -0.147. The van der Waals surface area contributed by atoms with E-state index >= 15 is 0 Å². The topological polar surface area (TPSA) is 91.0 Å². The first-order valence-electron chi connectivity index (χ1n) is 5.63. The first kappa shape index (κ1) is 12.7. The minimum absolute atomic E-state index is 0.152. The van der Waals surface area contributed by atoms with Gasteiger partial charge in [-0.05, 0) is 24.6 Å². The molecule has 0 saturated carbocycles. The Labute approximate surface area is 104 Å². The molecule has 0 spiro atoms. The van der Waals surface area contributed by atoms with Crippen LogP contribution in [0.25, 0.3) is 0 Å². The van der Waals surface area contributed by atoms with Crippen molar-refractivity contribution in [1.29, 1.82) is 0 Å². The third-order valence-corrected chi connectivity index (χ3v) is 2.64. The summed E-state index contributed by atoms with van der Waals surface area (Å²) in [5.41, 5.74) is 6.11. The van der Waals surface area contributed by atoms with Crippen LogP contribution in [0.3, 0.4) is 0 Å². The first-order chi connectivity index (χ1) is 8.63. The second-order valence-electron chi connectivity index (χ2n) is 3.84. The summed E-state index contributed by atoms with van der Waals surface area (Å²) < 4.78 is 15.1. The van der Waals surface area contributed by atoms with Crippen LogP contribution >= 0.6 is 0 Å². The van der Waals surface area contributed by atoms with E-state index in [4.69, 9.17) is 19.9 Å². The molecular formula is C12H15NO5. The largest absolute Gasteiger partial charge is 0.465 e. The molecule has 0 aliphatic carbocycles. The molecule has 98 valence electrons. The number of benzene rings is 1. The highest BCUT2D eigenvalue weighted by Gasteiger charge is 2.26. The lowest BCUT2D eigenvalue weighted by atomic mass is 10.0. The number of carbonyl (C=O) groups is 1. The quantitative estimate of drug-likeness (QED) is 0.752. The molecule has 1 aliphatic rings. The smallest absolute Gasteiger partial charge is 0.325 e. The fraction of sp³-hybridized carbons (Fsp3) is 0.417. The number of hydrogen-bond acceptors (Lipinski definition) is 6. The van der Waals surface area contributed by atoms with Gasteiger partial charge in [0, 0.05) is 0 Å². The van der Waals surface area contributed by atoms with Gasteiger partial charge in [-0.25, -0.2) is 0 Å². The van der Waals surface area contributed by atoms with E-state index in [0.717, 1.165) is 0 Å². The van der Waals surface area contributed by atoms with Gasteiger partial charge in [0.2, 0.25) is 6.79 Å². The average molecular weight is 253 g/mol. The molecule has 0 unspecified atom stereocenters. The number of nitrogens with two attached hydrogens (primary N) is 1. The van der Waals surface area contributed by atoms with Crippen molar-refractivity contribution in [2.24, 2.45) is 5.73 Å². The van der Waals surface area contributed by atoms with Crippen molar-refractivity contribution in [2.75, 3.05) is 13.4 Å². The maximum atomic E-state index is 11.4. The highest BCUT2D eigenvalue weighted by molar-refractivity contribution is 5.76. The second kappa shape index (κ2) is 5.24. The highest BCUT2D eigenvalue weighted by atomic mass is 16.7. The summed E-state index contributed by atoms with van der Waals surface area (Å²) >= 11 is 0. The number of hydrogen-bond donors (Lipinski definition) is 2. The van der Waals surface area contributed by atoms with Gasteiger partial charge >= 0.3 is 5.97 Å². The number of ether oxygens (including phenoxy) is 3. The average Bonchev–Trinajstić information content (AvgIpc) is 2.84. The van der Waals surface area contributed by atoms with E-state index in [9.17, 15) is 9.90 Å². The Kier molecular flexibility index (Phi) is 3.69. The van der Waals surface area contributed by atoms with Crippen molar-refractivity contribution in [3.05, 3.63) is 23.8 Å². The zero-order chi connectivity index (χ0) is 13.1. The maximum Gasteiger partial charge on any atom is 0.325 e. The Morgan fingerprint density at radius 2 is 2.22 bits per heavy atom. The fourth-order valence-electron chi connectivity index (χ4n) is 1.67. The highest BCUT2D eigenvalue weighted by Crippen LogP contribution is 2.34. The molecule has 0 saturated heterocycles. The van der Waals surface area contributed by atoms with Crippen LogP contribution in [0.1, 0.15) is 18.6 Å². The van der Waals surface area contributed by atoms with Crippen molar-refractivity contribution >= 4 is 5.97 Å². The normalized spacial score (nSPS) is 16.2. The van der Waals surface area contributed by atoms with Gasteiger partial charge in [0.1, 0.15) is 12.1 Å². The zero-order valence-corrected chi connectivity index (χ0v) is 9.96. The summed E-state index contributed by atoms with van der Waals surface area (Å²) in [6.45, 7) is 2.05. The van der Waals surface area contributed by atoms with Gasteiger partial charge < -0.3 is 25.1 Å². The van der Waals surface area contributed by atoms with Gasteiger partial charge in [0.05, 0.1) is 6.61 Å². The molecule has 1 aliphatic heterocycles.